The molecular formula is C10H9F3N4S. The Morgan fingerprint density at radius 1 is 1.39 bits per heavy atom. The molecule has 8 heteroatoms. The minimum absolute atomic E-state index is 0.103. The highest BCUT2D eigenvalue weighted by atomic mass is 32.1. The van der Waals surface area contributed by atoms with Crippen LogP contribution in [0.25, 0.3) is 11.5 Å². The van der Waals surface area contributed by atoms with Crippen molar-refractivity contribution in [3.05, 3.63) is 29.2 Å². The summed E-state index contributed by atoms with van der Waals surface area (Å²) in [6, 6.07) is 3.17. The average molecular weight is 274 g/mol. The third-order valence-electron chi connectivity index (χ3n) is 2.47. The number of rotatable bonds is 2. The maximum atomic E-state index is 12.7. The molecule has 0 fully saturated rings. The second-order valence-electron chi connectivity index (χ2n) is 3.71. The molecule has 2 aromatic rings. The summed E-state index contributed by atoms with van der Waals surface area (Å²) in [6.07, 6.45) is -3.31. The predicted molar refractivity (Wildman–Crippen MR) is 61.4 cm³/mol. The van der Waals surface area contributed by atoms with E-state index in [1.54, 1.807) is 18.2 Å². The first-order valence-electron chi connectivity index (χ1n) is 5.05. The summed E-state index contributed by atoms with van der Waals surface area (Å²) in [5.41, 5.74) is 0.399. The van der Waals surface area contributed by atoms with Gasteiger partial charge in [-0.3, -0.25) is 0 Å². The molecule has 0 bridgehead atoms. The van der Waals surface area contributed by atoms with Crippen molar-refractivity contribution in [1.29, 1.82) is 0 Å². The normalized spacial score (nSPS) is 13.6. The third-order valence-corrected chi connectivity index (χ3v) is 2.71. The van der Waals surface area contributed by atoms with Gasteiger partial charge in [0.25, 0.3) is 0 Å². The molecule has 0 radical (unpaired) electrons. The predicted octanol–water partition coefficient (Wildman–Crippen LogP) is 3.13. The van der Waals surface area contributed by atoms with Crippen LogP contribution in [0.15, 0.2) is 24.5 Å². The van der Waals surface area contributed by atoms with Gasteiger partial charge in [-0.2, -0.15) is 13.2 Å². The molecule has 96 valence electrons. The SMILES string of the molecule is CC(n1cnnc1-c1cccc(=S)[nH]1)C(F)(F)F. The molecule has 2 aromatic heterocycles. The van der Waals surface area contributed by atoms with Gasteiger partial charge in [0.05, 0.1) is 5.69 Å². The van der Waals surface area contributed by atoms with E-state index in [2.05, 4.69) is 15.2 Å². The van der Waals surface area contributed by atoms with Crippen LogP contribution < -0.4 is 0 Å². The minimum Gasteiger partial charge on any atom is -0.344 e. The van der Waals surface area contributed by atoms with Crippen molar-refractivity contribution in [1.82, 2.24) is 19.7 Å². The van der Waals surface area contributed by atoms with Gasteiger partial charge in [-0.15, -0.1) is 10.2 Å². The van der Waals surface area contributed by atoms with Gasteiger partial charge < -0.3 is 9.55 Å². The summed E-state index contributed by atoms with van der Waals surface area (Å²) in [5, 5.41) is 7.22. The number of nitrogens with one attached hydrogen (secondary N) is 1. The Morgan fingerprint density at radius 2 is 2.11 bits per heavy atom. The minimum atomic E-state index is -4.36. The molecule has 0 saturated carbocycles. The molecule has 18 heavy (non-hydrogen) atoms. The largest absolute Gasteiger partial charge is 0.408 e. The van der Waals surface area contributed by atoms with Crippen molar-refractivity contribution in [2.75, 3.05) is 0 Å². The number of nitrogens with zero attached hydrogens (tertiary/aromatic N) is 3. The first-order valence-corrected chi connectivity index (χ1v) is 5.46. The van der Waals surface area contributed by atoms with Crippen LogP contribution in [0.4, 0.5) is 13.2 Å². The smallest absolute Gasteiger partial charge is 0.344 e. The van der Waals surface area contributed by atoms with Crippen molar-refractivity contribution >= 4 is 12.2 Å². The number of hydrogen-bond acceptors (Lipinski definition) is 3. The van der Waals surface area contributed by atoms with Gasteiger partial charge in [-0.25, -0.2) is 0 Å². The van der Waals surface area contributed by atoms with Crippen molar-refractivity contribution in [2.45, 2.75) is 19.1 Å². The number of halogens is 3. The Hall–Kier alpha value is -1.70. The number of H-pyrrole nitrogens is 1. The van der Waals surface area contributed by atoms with Crippen molar-refractivity contribution < 1.29 is 13.2 Å². The molecule has 0 aromatic carbocycles. The van der Waals surface area contributed by atoms with Gasteiger partial charge in [0.1, 0.15) is 17.0 Å². The zero-order valence-corrected chi connectivity index (χ0v) is 10.1. The van der Waals surface area contributed by atoms with Crippen molar-refractivity contribution in [2.24, 2.45) is 0 Å². The van der Waals surface area contributed by atoms with E-state index in [0.717, 1.165) is 17.8 Å². The molecule has 0 aliphatic rings. The summed E-state index contributed by atoms with van der Waals surface area (Å²) in [7, 11) is 0. The van der Waals surface area contributed by atoms with Crippen LogP contribution in [0.3, 0.4) is 0 Å². The van der Waals surface area contributed by atoms with Crippen molar-refractivity contribution in [3.63, 3.8) is 0 Å². The third kappa shape index (κ3) is 2.42. The molecule has 0 spiro atoms. The standard InChI is InChI=1S/C10H9F3N4S/c1-6(10(11,12)13)17-5-14-16-9(17)7-3-2-4-8(18)15-7/h2-6H,1H3,(H,15,18). The number of aromatic nitrogens is 4. The van der Waals surface area contributed by atoms with Crippen molar-refractivity contribution in [3.8, 4) is 11.5 Å². The lowest BCUT2D eigenvalue weighted by molar-refractivity contribution is -0.162. The highest BCUT2D eigenvalue weighted by molar-refractivity contribution is 7.71. The average Bonchev–Trinajstić information content (AvgIpc) is 2.75. The Morgan fingerprint density at radius 3 is 2.72 bits per heavy atom. The molecule has 0 amide bonds. The number of aromatic amines is 1. The zero-order chi connectivity index (χ0) is 13.3. The van der Waals surface area contributed by atoms with E-state index in [4.69, 9.17) is 12.2 Å². The molecule has 1 N–H and O–H groups in total. The highest BCUT2D eigenvalue weighted by Gasteiger charge is 2.38. The van der Waals surface area contributed by atoms with E-state index in [9.17, 15) is 13.2 Å². The summed E-state index contributed by atoms with van der Waals surface area (Å²) in [4.78, 5) is 2.78. The molecule has 1 unspecified atom stereocenters. The Labute approximate surface area is 105 Å². The highest BCUT2D eigenvalue weighted by Crippen LogP contribution is 2.32. The second-order valence-corrected chi connectivity index (χ2v) is 4.15. The topological polar surface area (TPSA) is 46.5 Å². The maximum absolute atomic E-state index is 12.7. The van der Waals surface area contributed by atoms with E-state index in [1.807, 2.05) is 0 Å². The Balaban J connectivity index is 2.49. The summed E-state index contributed by atoms with van der Waals surface area (Å²) < 4.78 is 39.4. The molecule has 1 atom stereocenters. The van der Waals surface area contributed by atoms with Gasteiger partial charge in [-0.05, 0) is 19.1 Å². The lowest BCUT2D eigenvalue weighted by Gasteiger charge is -2.18. The molecule has 4 nitrogen and oxygen atoms in total. The van der Waals surface area contributed by atoms with Crippen LogP contribution in [-0.4, -0.2) is 25.9 Å². The van der Waals surface area contributed by atoms with Gasteiger partial charge in [-0.1, -0.05) is 18.3 Å². The quantitative estimate of drug-likeness (QED) is 0.856. The van der Waals surface area contributed by atoms with Crippen LogP contribution in [-0.2, 0) is 0 Å². The van der Waals surface area contributed by atoms with Crippen LogP contribution in [0.2, 0.25) is 0 Å². The number of hydrogen-bond donors (Lipinski definition) is 1. The monoisotopic (exact) mass is 274 g/mol. The van der Waals surface area contributed by atoms with Crippen LogP contribution >= 0.6 is 12.2 Å². The van der Waals surface area contributed by atoms with Gasteiger partial charge >= 0.3 is 6.18 Å². The molecule has 0 aliphatic carbocycles. The van der Waals surface area contributed by atoms with Gasteiger partial charge in [0.2, 0.25) is 0 Å². The lowest BCUT2D eigenvalue weighted by atomic mass is 10.3. The number of pyridine rings is 1. The van der Waals surface area contributed by atoms with E-state index in [1.165, 1.54) is 0 Å². The molecule has 0 saturated heterocycles. The van der Waals surface area contributed by atoms with Crippen LogP contribution in [0.5, 0.6) is 0 Å². The fraction of sp³-hybridized carbons (Fsp3) is 0.300. The molecule has 2 heterocycles. The van der Waals surface area contributed by atoms with E-state index in [-0.39, 0.29) is 5.82 Å². The van der Waals surface area contributed by atoms with Crippen LogP contribution in [0.1, 0.15) is 13.0 Å². The molecule has 0 aliphatic heterocycles. The Bertz CT molecular complexity index is 601. The first-order chi connectivity index (χ1) is 8.39. The lowest BCUT2D eigenvalue weighted by Crippen LogP contribution is -2.24. The van der Waals surface area contributed by atoms with E-state index < -0.39 is 12.2 Å². The summed E-state index contributed by atoms with van der Waals surface area (Å²) in [5.74, 6) is 0.103. The Kier molecular flexibility index (Phi) is 3.20. The maximum Gasteiger partial charge on any atom is 0.408 e. The molecule has 2 rings (SSSR count). The fourth-order valence-electron chi connectivity index (χ4n) is 1.45. The summed E-state index contributed by atoms with van der Waals surface area (Å²) in [6.45, 7) is 1.05. The molecular weight excluding hydrogens is 265 g/mol. The van der Waals surface area contributed by atoms with Crippen LogP contribution in [0, 0.1) is 4.64 Å². The summed E-state index contributed by atoms with van der Waals surface area (Å²) >= 11 is 4.92. The van der Waals surface area contributed by atoms with E-state index >= 15 is 0 Å². The fourth-order valence-corrected chi connectivity index (χ4v) is 1.64. The van der Waals surface area contributed by atoms with E-state index in [0.29, 0.717) is 10.3 Å². The zero-order valence-electron chi connectivity index (χ0n) is 9.27. The first kappa shape index (κ1) is 12.7. The van der Waals surface area contributed by atoms with Gasteiger partial charge in [0, 0.05) is 0 Å². The van der Waals surface area contributed by atoms with Gasteiger partial charge in [0.15, 0.2) is 5.82 Å². The number of alkyl halides is 3. The second kappa shape index (κ2) is 4.52.